The van der Waals surface area contributed by atoms with Gasteiger partial charge in [-0.1, -0.05) is 30.3 Å². The van der Waals surface area contributed by atoms with Gasteiger partial charge in [-0.15, -0.1) is 0 Å². The van der Waals surface area contributed by atoms with Crippen molar-refractivity contribution >= 4 is 23.0 Å². The summed E-state index contributed by atoms with van der Waals surface area (Å²) in [7, 11) is 0. The fraction of sp³-hybridized carbons (Fsp3) is 0.111. The Morgan fingerprint density at radius 3 is 2.48 bits per heavy atom. The van der Waals surface area contributed by atoms with Gasteiger partial charge in [0.2, 0.25) is 11.6 Å². The van der Waals surface area contributed by atoms with Crippen LogP contribution in [0.5, 0.6) is 0 Å². The Labute approximate surface area is 153 Å². The van der Waals surface area contributed by atoms with Crippen LogP contribution in [0.1, 0.15) is 5.56 Å². The Morgan fingerprint density at radius 1 is 1.04 bits per heavy atom. The number of nitrogens with one attached hydrogen (secondary N) is 2. The van der Waals surface area contributed by atoms with Gasteiger partial charge in [-0.3, -0.25) is 10.1 Å². The standard InChI is InChI=1S/C18H15F2N5O2/c19-13-6-7-15(14(20)10-13)24-18-16(25(26)27)17(22-11-23-18)21-9-8-12-4-2-1-3-5-12/h1-7,10-11H,8-9H2,(H2,21,22,23,24). The molecule has 0 amide bonds. The Balaban J connectivity index is 1.80. The highest BCUT2D eigenvalue weighted by atomic mass is 19.1. The van der Waals surface area contributed by atoms with Crippen molar-refractivity contribution in [1.29, 1.82) is 0 Å². The zero-order valence-electron chi connectivity index (χ0n) is 14.0. The first-order chi connectivity index (χ1) is 13.0. The molecule has 1 heterocycles. The van der Waals surface area contributed by atoms with Gasteiger partial charge in [0.05, 0.1) is 10.6 Å². The quantitative estimate of drug-likeness (QED) is 0.481. The van der Waals surface area contributed by atoms with Crippen LogP contribution in [0.4, 0.5) is 31.8 Å². The lowest BCUT2D eigenvalue weighted by atomic mass is 10.1. The third-order valence-corrected chi connectivity index (χ3v) is 3.74. The van der Waals surface area contributed by atoms with Crippen LogP contribution in [0.25, 0.3) is 0 Å². The zero-order chi connectivity index (χ0) is 19.2. The van der Waals surface area contributed by atoms with E-state index < -0.39 is 22.2 Å². The average Bonchev–Trinajstić information content (AvgIpc) is 2.65. The van der Waals surface area contributed by atoms with Crippen LogP contribution >= 0.6 is 0 Å². The van der Waals surface area contributed by atoms with Crippen molar-refractivity contribution in [3.05, 3.63) is 82.2 Å². The van der Waals surface area contributed by atoms with Gasteiger partial charge >= 0.3 is 5.69 Å². The van der Waals surface area contributed by atoms with Gasteiger partial charge in [0.25, 0.3) is 0 Å². The van der Waals surface area contributed by atoms with E-state index in [4.69, 9.17) is 0 Å². The molecule has 3 aromatic rings. The zero-order valence-corrected chi connectivity index (χ0v) is 14.0. The van der Waals surface area contributed by atoms with Gasteiger partial charge in [-0.05, 0) is 24.1 Å². The first-order valence-corrected chi connectivity index (χ1v) is 8.04. The summed E-state index contributed by atoms with van der Waals surface area (Å²) < 4.78 is 26.9. The summed E-state index contributed by atoms with van der Waals surface area (Å²) in [6, 6.07) is 12.5. The number of hydrogen-bond donors (Lipinski definition) is 2. The maximum Gasteiger partial charge on any atom is 0.353 e. The van der Waals surface area contributed by atoms with Gasteiger partial charge in [0.1, 0.15) is 18.0 Å². The predicted molar refractivity (Wildman–Crippen MR) is 97.0 cm³/mol. The van der Waals surface area contributed by atoms with E-state index in [1.54, 1.807) is 0 Å². The third kappa shape index (κ3) is 4.51. The summed E-state index contributed by atoms with van der Waals surface area (Å²) >= 11 is 0. The van der Waals surface area contributed by atoms with Crippen LogP contribution in [0.15, 0.2) is 54.9 Å². The number of benzene rings is 2. The van der Waals surface area contributed by atoms with E-state index >= 15 is 0 Å². The van der Waals surface area contributed by atoms with Crippen molar-refractivity contribution in [2.45, 2.75) is 6.42 Å². The van der Waals surface area contributed by atoms with Crippen LogP contribution in [-0.4, -0.2) is 21.4 Å². The van der Waals surface area contributed by atoms with Crippen molar-refractivity contribution in [2.75, 3.05) is 17.2 Å². The van der Waals surface area contributed by atoms with E-state index in [-0.39, 0.29) is 17.3 Å². The molecular weight excluding hydrogens is 356 g/mol. The number of anilines is 3. The SMILES string of the molecule is O=[N+]([O-])c1c(NCCc2ccccc2)ncnc1Nc1ccc(F)cc1F. The van der Waals surface area contributed by atoms with Crippen molar-refractivity contribution < 1.29 is 13.7 Å². The molecule has 27 heavy (non-hydrogen) atoms. The van der Waals surface area contributed by atoms with Crippen molar-refractivity contribution in [3.63, 3.8) is 0 Å². The van der Waals surface area contributed by atoms with Crippen LogP contribution in [0.2, 0.25) is 0 Å². The van der Waals surface area contributed by atoms with Crippen molar-refractivity contribution in [1.82, 2.24) is 9.97 Å². The highest BCUT2D eigenvalue weighted by molar-refractivity contribution is 5.73. The summed E-state index contributed by atoms with van der Waals surface area (Å²) in [4.78, 5) is 18.6. The Hall–Kier alpha value is -3.62. The van der Waals surface area contributed by atoms with Gasteiger partial charge in [-0.25, -0.2) is 18.7 Å². The fourth-order valence-electron chi connectivity index (χ4n) is 2.46. The second kappa shape index (κ2) is 8.17. The molecule has 0 aliphatic carbocycles. The van der Waals surface area contributed by atoms with Crippen LogP contribution < -0.4 is 10.6 Å². The van der Waals surface area contributed by atoms with E-state index in [1.165, 1.54) is 0 Å². The second-order valence-corrected chi connectivity index (χ2v) is 5.59. The molecule has 138 valence electrons. The summed E-state index contributed by atoms with van der Waals surface area (Å²) in [5.41, 5.74) is 0.510. The van der Waals surface area contributed by atoms with Crippen LogP contribution in [0.3, 0.4) is 0 Å². The maximum atomic E-state index is 13.8. The third-order valence-electron chi connectivity index (χ3n) is 3.74. The van der Waals surface area contributed by atoms with E-state index in [2.05, 4.69) is 20.6 Å². The van der Waals surface area contributed by atoms with E-state index in [0.717, 1.165) is 24.0 Å². The minimum absolute atomic E-state index is 0.0101. The molecule has 0 aliphatic heterocycles. The molecule has 0 fully saturated rings. The molecule has 3 rings (SSSR count). The molecule has 0 aliphatic rings. The van der Waals surface area contributed by atoms with E-state index in [1.807, 2.05) is 30.3 Å². The Bertz CT molecular complexity index is 954. The number of nitro groups is 1. The minimum Gasteiger partial charge on any atom is -0.364 e. The Kier molecular flexibility index (Phi) is 5.50. The molecule has 0 unspecified atom stereocenters. The molecule has 0 atom stereocenters. The lowest BCUT2D eigenvalue weighted by Gasteiger charge is -2.10. The minimum atomic E-state index is -0.888. The van der Waals surface area contributed by atoms with Gasteiger partial charge < -0.3 is 10.6 Å². The maximum absolute atomic E-state index is 13.8. The molecule has 2 aromatic carbocycles. The molecule has 1 aromatic heterocycles. The number of rotatable bonds is 7. The second-order valence-electron chi connectivity index (χ2n) is 5.59. The van der Waals surface area contributed by atoms with Gasteiger partial charge in [0.15, 0.2) is 0 Å². The average molecular weight is 371 g/mol. The van der Waals surface area contributed by atoms with Crippen LogP contribution in [0, 0.1) is 21.7 Å². The lowest BCUT2D eigenvalue weighted by molar-refractivity contribution is -0.383. The normalized spacial score (nSPS) is 10.4. The molecule has 7 nitrogen and oxygen atoms in total. The molecule has 0 spiro atoms. The summed E-state index contributed by atoms with van der Waals surface area (Å²) in [6.45, 7) is 0.409. The van der Waals surface area contributed by atoms with E-state index in [9.17, 15) is 18.9 Å². The topological polar surface area (TPSA) is 93.0 Å². The lowest BCUT2D eigenvalue weighted by Crippen LogP contribution is -2.11. The first-order valence-electron chi connectivity index (χ1n) is 8.04. The van der Waals surface area contributed by atoms with Crippen molar-refractivity contribution in [3.8, 4) is 0 Å². The molecule has 0 bridgehead atoms. The van der Waals surface area contributed by atoms with Crippen LogP contribution in [-0.2, 0) is 6.42 Å². The highest BCUT2D eigenvalue weighted by Gasteiger charge is 2.23. The molecule has 0 saturated carbocycles. The van der Waals surface area contributed by atoms with Gasteiger partial charge in [-0.2, -0.15) is 0 Å². The smallest absolute Gasteiger partial charge is 0.353 e. The number of halogens is 2. The van der Waals surface area contributed by atoms with Gasteiger partial charge in [0, 0.05) is 12.6 Å². The Morgan fingerprint density at radius 2 is 1.78 bits per heavy atom. The number of aromatic nitrogens is 2. The first kappa shape index (κ1) is 18.2. The van der Waals surface area contributed by atoms with E-state index in [0.29, 0.717) is 19.0 Å². The molecular formula is C18H15F2N5O2. The number of hydrogen-bond acceptors (Lipinski definition) is 6. The molecule has 9 heteroatoms. The molecule has 0 saturated heterocycles. The predicted octanol–water partition coefficient (Wildman–Crippen LogP) is 4.06. The highest BCUT2D eigenvalue weighted by Crippen LogP contribution is 2.31. The summed E-state index contributed by atoms with van der Waals surface area (Å²) in [5.74, 6) is -1.82. The van der Waals surface area contributed by atoms with Crippen molar-refractivity contribution in [2.24, 2.45) is 0 Å². The number of nitrogens with zero attached hydrogens (tertiary/aromatic N) is 3. The monoisotopic (exact) mass is 371 g/mol. The fourth-order valence-corrected chi connectivity index (χ4v) is 2.46. The summed E-state index contributed by atoms with van der Waals surface area (Å²) in [6.07, 6.45) is 1.76. The summed E-state index contributed by atoms with van der Waals surface area (Å²) in [5, 5.41) is 16.9. The molecule has 0 radical (unpaired) electrons. The molecule has 2 N–H and O–H groups in total. The largest absolute Gasteiger partial charge is 0.364 e.